The highest BCUT2D eigenvalue weighted by Gasteiger charge is 2.05. The summed E-state index contributed by atoms with van der Waals surface area (Å²) in [6.07, 6.45) is 3.53. The molecule has 0 fully saturated rings. The fourth-order valence-electron chi connectivity index (χ4n) is 1.61. The van der Waals surface area contributed by atoms with Gasteiger partial charge in [0.15, 0.2) is 18.2 Å². The summed E-state index contributed by atoms with van der Waals surface area (Å²) in [5.74, 6) is -0.929. The summed E-state index contributed by atoms with van der Waals surface area (Å²) in [5, 5.41) is 3.83. The zero-order valence-electron chi connectivity index (χ0n) is 12.0. The Balaban J connectivity index is 1.79. The third-order valence-electron chi connectivity index (χ3n) is 2.71. The van der Waals surface area contributed by atoms with Gasteiger partial charge in [-0.15, -0.1) is 11.8 Å². The fraction of sp³-hybridized carbons (Fsp3) is 0.125. The average molecular weight is 318 g/mol. The average Bonchev–Trinajstić information content (AvgIpc) is 2.55. The van der Waals surface area contributed by atoms with Crippen LogP contribution in [0.4, 0.5) is 4.39 Å². The highest BCUT2D eigenvalue weighted by atomic mass is 32.2. The number of amides is 1. The van der Waals surface area contributed by atoms with Crippen molar-refractivity contribution < 1.29 is 13.9 Å². The molecule has 1 amide bonds. The zero-order chi connectivity index (χ0) is 15.8. The normalized spacial score (nSPS) is 10.6. The number of thioether (sulfide) groups is 1. The third kappa shape index (κ3) is 4.89. The zero-order valence-corrected chi connectivity index (χ0v) is 12.8. The SMILES string of the molecule is CSc1ccc(/C=N\NC(=O)COc2ccccc2F)cc1. The molecule has 2 aromatic carbocycles. The topological polar surface area (TPSA) is 50.7 Å². The van der Waals surface area contributed by atoms with Crippen LogP contribution in [0, 0.1) is 5.82 Å². The number of carbonyl (C=O) groups excluding carboxylic acids is 1. The highest BCUT2D eigenvalue weighted by molar-refractivity contribution is 7.98. The van der Waals surface area contributed by atoms with Gasteiger partial charge >= 0.3 is 0 Å². The number of carbonyl (C=O) groups is 1. The van der Waals surface area contributed by atoms with Gasteiger partial charge in [-0.3, -0.25) is 4.79 Å². The minimum atomic E-state index is -0.507. The van der Waals surface area contributed by atoms with E-state index in [-0.39, 0.29) is 12.4 Å². The quantitative estimate of drug-likeness (QED) is 0.506. The van der Waals surface area contributed by atoms with E-state index in [0.717, 1.165) is 10.5 Å². The largest absolute Gasteiger partial charge is 0.481 e. The van der Waals surface area contributed by atoms with E-state index in [2.05, 4.69) is 10.5 Å². The van der Waals surface area contributed by atoms with Gasteiger partial charge < -0.3 is 4.74 Å². The number of hydrazone groups is 1. The fourth-order valence-corrected chi connectivity index (χ4v) is 2.01. The van der Waals surface area contributed by atoms with Crippen LogP contribution < -0.4 is 10.2 Å². The molecule has 0 saturated carbocycles. The number of ether oxygens (including phenoxy) is 1. The molecule has 22 heavy (non-hydrogen) atoms. The number of nitrogens with zero attached hydrogens (tertiary/aromatic N) is 1. The second-order valence-corrected chi connectivity index (χ2v) is 5.17. The van der Waals surface area contributed by atoms with Crippen LogP contribution in [0.15, 0.2) is 58.5 Å². The molecular formula is C16H15FN2O2S. The number of hydrogen-bond donors (Lipinski definition) is 1. The first kappa shape index (κ1) is 16.0. The van der Waals surface area contributed by atoms with Crippen molar-refractivity contribution in [3.63, 3.8) is 0 Å². The van der Waals surface area contributed by atoms with Crippen molar-refractivity contribution in [1.82, 2.24) is 5.43 Å². The Bertz CT molecular complexity index is 659. The molecule has 0 atom stereocenters. The Hall–Kier alpha value is -2.34. The molecule has 2 aromatic rings. The summed E-state index contributed by atoms with van der Waals surface area (Å²) < 4.78 is 18.4. The van der Waals surface area contributed by atoms with Crippen molar-refractivity contribution in [1.29, 1.82) is 0 Å². The number of para-hydroxylation sites is 1. The van der Waals surface area contributed by atoms with Gasteiger partial charge in [0.2, 0.25) is 0 Å². The van der Waals surface area contributed by atoms with E-state index in [9.17, 15) is 9.18 Å². The van der Waals surface area contributed by atoms with Gasteiger partial charge in [-0.1, -0.05) is 24.3 Å². The lowest BCUT2D eigenvalue weighted by Gasteiger charge is -2.05. The van der Waals surface area contributed by atoms with Gasteiger partial charge in [0, 0.05) is 4.90 Å². The van der Waals surface area contributed by atoms with Crippen LogP contribution in [0.2, 0.25) is 0 Å². The van der Waals surface area contributed by atoms with E-state index < -0.39 is 11.7 Å². The molecule has 0 radical (unpaired) electrons. The van der Waals surface area contributed by atoms with Crippen molar-refractivity contribution in [2.45, 2.75) is 4.90 Å². The van der Waals surface area contributed by atoms with Gasteiger partial charge in [-0.25, -0.2) is 9.82 Å². The minimum Gasteiger partial charge on any atom is -0.481 e. The lowest BCUT2D eigenvalue weighted by molar-refractivity contribution is -0.123. The molecule has 0 spiro atoms. The maximum Gasteiger partial charge on any atom is 0.277 e. The van der Waals surface area contributed by atoms with Crippen LogP contribution in [-0.2, 0) is 4.79 Å². The van der Waals surface area contributed by atoms with Crippen molar-refractivity contribution in [3.8, 4) is 5.75 Å². The van der Waals surface area contributed by atoms with Gasteiger partial charge in [0.1, 0.15) is 0 Å². The lowest BCUT2D eigenvalue weighted by atomic mass is 10.2. The van der Waals surface area contributed by atoms with Crippen molar-refractivity contribution in [2.24, 2.45) is 5.10 Å². The van der Waals surface area contributed by atoms with Crippen LogP contribution in [-0.4, -0.2) is 25.0 Å². The molecular weight excluding hydrogens is 303 g/mol. The molecule has 6 heteroatoms. The van der Waals surface area contributed by atoms with Gasteiger partial charge in [0.05, 0.1) is 6.21 Å². The van der Waals surface area contributed by atoms with Gasteiger partial charge in [-0.05, 0) is 36.1 Å². The van der Waals surface area contributed by atoms with Crippen molar-refractivity contribution in [3.05, 3.63) is 59.9 Å². The Morgan fingerprint density at radius 2 is 2.00 bits per heavy atom. The molecule has 0 heterocycles. The molecule has 114 valence electrons. The Morgan fingerprint density at radius 1 is 1.27 bits per heavy atom. The Kier molecular flexibility index (Phi) is 5.97. The smallest absolute Gasteiger partial charge is 0.277 e. The molecule has 0 aliphatic carbocycles. The van der Waals surface area contributed by atoms with Crippen LogP contribution in [0.3, 0.4) is 0 Å². The summed E-state index contributed by atoms with van der Waals surface area (Å²) in [4.78, 5) is 12.7. The molecule has 2 rings (SSSR count). The third-order valence-corrected chi connectivity index (χ3v) is 3.46. The van der Waals surface area contributed by atoms with E-state index in [1.165, 1.54) is 18.3 Å². The molecule has 0 bridgehead atoms. The van der Waals surface area contributed by atoms with Crippen LogP contribution in [0.25, 0.3) is 0 Å². The first-order valence-electron chi connectivity index (χ1n) is 6.52. The van der Waals surface area contributed by atoms with E-state index in [1.807, 2.05) is 30.5 Å². The summed E-state index contributed by atoms with van der Waals surface area (Å²) in [6.45, 7) is -0.302. The van der Waals surface area contributed by atoms with Crippen LogP contribution in [0.5, 0.6) is 5.75 Å². The highest BCUT2D eigenvalue weighted by Crippen LogP contribution is 2.15. The van der Waals surface area contributed by atoms with Crippen LogP contribution in [0.1, 0.15) is 5.56 Å². The molecule has 0 unspecified atom stereocenters. The number of halogens is 1. The van der Waals surface area contributed by atoms with E-state index in [1.54, 1.807) is 23.9 Å². The van der Waals surface area contributed by atoms with Crippen molar-refractivity contribution >= 4 is 23.9 Å². The number of nitrogens with one attached hydrogen (secondary N) is 1. The first-order chi connectivity index (χ1) is 10.7. The number of benzene rings is 2. The van der Waals surface area contributed by atoms with Gasteiger partial charge in [-0.2, -0.15) is 5.10 Å². The Morgan fingerprint density at radius 3 is 2.68 bits per heavy atom. The molecule has 0 aromatic heterocycles. The summed E-state index contributed by atoms with van der Waals surface area (Å²) in [7, 11) is 0. The standard InChI is InChI=1S/C16H15FN2O2S/c1-22-13-8-6-12(7-9-13)10-18-19-16(20)11-21-15-5-3-2-4-14(15)17/h2-10H,11H2,1H3,(H,19,20)/b18-10-. The summed E-state index contributed by atoms with van der Waals surface area (Å²) in [5.41, 5.74) is 3.20. The maximum absolute atomic E-state index is 13.3. The van der Waals surface area contributed by atoms with Crippen LogP contribution >= 0.6 is 11.8 Å². The molecule has 0 saturated heterocycles. The molecule has 0 aliphatic heterocycles. The van der Waals surface area contributed by atoms with E-state index in [4.69, 9.17) is 4.74 Å². The number of rotatable bonds is 6. The minimum absolute atomic E-state index is 0.0364. The summed E-state index contributed by atoms with van der Waals surface area (Å²) in [6, 6.07) is 13.6. The Labute approximate surface area is 132 Å². The van der Waals surface area contributed by atoms with E-state index >= 15 is 0 Å². The predicted octanol–water partition coefficient (Wildman–Crippen LogP) is 3.08. The predicted molar refractivity (Wildman–Crippen MR) is 85.9 cm³/mol. The molecule has 1 N–H and O–H groups in total. The molecule has 4 nitrogen and oxygen atoms in total. The second-order valence-electron chi connectivity index (χ2n) is 4.29. The molecule has 0 aliphatic rings. The van der Waals surface area contributed by atoms with Crippen molar-refractivity contribution in [2.75, 3.05) is 12.9 Å². The number of hydrogen-bond acceptors (Lipinski definition) is 4. The van der Waals surface area contributed by atoms with Gasteiger partial charge in [0.25, 0.3) is 5.91 Å². The monoisotopic (exact) mass is 318 g/mol. The first-order valence-corrected chi connectivity index (χ1v) is 7.75. The lowest BCUT2D eigenvalue weighted by Crippen LogP contribution is -2.24. The summed E-state index contributed by atoms with van der Waals surface area (Å²) >= 11 is 1.65. The van der Waals surface area contributed by atoms with E-state index in [0.29, 0.717) is 0 Å². The maximum atomic E-state index is 13.3. The second kappa shape index (κ2) is 8.19.